The number of rotatable bonds is 6. The van der Waals surface area contributed by atoms with Gasteiger partial charge >= 0.3 is 0 Å². The molecule has 1 atom stereocenters. The van der Waals surface area contributed by atoms with E-state index in [0.717, 1.165) is 31.2 Å². The first-order valence-electron chi connectivity index (χ1n) is 10.8. The van der Waals surface area contributed by atoms with Crippen LogP contribution in [0.1, 0.15) is 44.1 Å². The number of nitrogens with zero attached hydrogens (tertiary/aromatic N) is 1. The molecule has 2 fully saturated rings. The number of para-hydroxylation sites is 1. The molecule has 1 heterocycles. The van der Waals surface area contributed by atoms with Crippen LogP contribution in [0.5, 0.6) is 5.75 Å². The van der Waals surface area contributed by atoms with Gasteiger partial charge in [-0.1, -0.05) is 55.1 Å². The fourth-order valence-corrected chi connectivity index (χ4v) is 4.59. The number of hydrogen-bond acceptors (Lipinski definition) is 3. The van der Waals surface area contributed by atoms with Gasteiger partial charge in [-0.05, 0) is 49.2 Å². The maximum absolute atomic E-state index is 13.6. The first kappa shape index (κ1) is 21.4. The summed E-state index contributed by atoms with van der Waals surface area (Å²) in [4.78, 5) is 27.9. The van der Waals surface area contributed by atoms with E-state index in [1.165, 1.54) is 6.42 Å². The Hall–Kier alpha value is -2.79. The van der Waals surface area contributed by atoms with E-state index >= 15 is 0 Å². The van der Waals surface area contributed by atoms with Gasteiger partial charge in [0.1, 0.15) is 5.75 Å². The molecule has 6 heteroatoms. The van der Waals surface area contributed by atoms with Gasteiger partial charge in [-0.3, -0.25) is 14.5 Å². The highest BCUT2D eigenvalue weighted by atomic mass is 35.5. The van der Waals surface area contributed by atoms with Gasteiger partial charge < -0.3 is 10.1 Å². The molecule has 0 radical (unpaired) electrons. The number of carbonyl (C=O) groups is 2. The minimum Gasteiger partial charge on any atom is -0.496 e. The zero-order valence-electron chi connectivity index (χ0n) is 17.6. The van der Waals surface area contributed by atoms with Gasteiger partial charge in [-0.25, -0.2) is 0 Å². The average molecular weight is 439 g/mol. The van der Waals surface area contributed by atoms with Crippen molar-refractivity contribution in [3.05, 3.63) is 65.2 Å². The predicted molar refractivity (Wildman–Crippen MR) is 123 cm³/mol. The van der Waals surface area contributed by atoms with Crippen LogP contribution in [-0.4, -0.2) is 30.5 Å². The van der Waals surface area contributed by atoms with Crippen molar-refractivity contribution in [1.29, 1.82) is 0 Å². The number of nitrogens with one attached hydrogen (secondary N) is 1. The first-order chi connectivity index (χ1) is 15.0. The summed E-state index contributed by atoms with van der Waals surface area (Å²) >= 11 is 6.04. The van der Waals surface area contributed by atoms with Gasteiger partial charge in [0, 0.05) is 22.3 Å². The van der Waals surface area contributed by atoms with Crippen molar-refractivity contribution in [1.82, 2.24) is 5.32 Å². The number of hydrogen-bond donors (Lipinski definition) is 1. The number of β-lactam (4-membered cyclic amide) rings is 1. The maximum Gasteiger partial charge on any atom is 0.251 e. The van der Waals surface area contributed by atoms with Gasteiger partial charge in [0.2, 0.25) is 5.91 Å². The number of carbonyl (C=O) groups excluding carboxylic acids is 2. The lowest BCUT2D eigenvalue weighted by molar-refractivity contribution is -0.137. The molecule has 1 aliphatic carbocycles. The quantitative estimate of drug-likeness (QED) is 0.646. The Morgan fingerprint density at radius 3 is 2.52 bits per heavy atom. The summed E-state index contributed by atoms with van der Waals surface area (Å²) in [7, 11) is 1.62. The second-order valence-corrected chi connectivity index (χ2v) is 8.63. The number of methoxy groups -OCH3 is 1. The van der Waals surface area contributed by atoms with Crippen LogP contribution < -0.4 is 15.0 Å². The highest BCUT2D eigenvalue weighted by Gasteiger charge is 2.55. The maximum atomic E-state index is 13.6. The van der Waals surface area contributed by atoms with Crippen molar-refractivity contribution in [2.24, 2.45) is 0 Å². The topological polar surface area (TPSA) is 58.6 Å². The zero-order valence-corrected chi connectivity index (χ0v) is 18.4. The third-order valence-electron chi connectivity index (χ3n) is 6.17. The van der Waals surface area contributed by atoms with E-state index in [1.807, 2.05) is 36.4 Å². The molecule has 1 saturated carbocycles. The molecule has 0 bridgehead atoms. The Balaban J connectivity index is 1.69. The molecule has 4 rings (SSSR count). The van der Waals surface area contributed by atoms with Gasteiger partial charge in [0.05, 0.1) is 13.5 Å². The lowest BCUT2D eigenvalue weighted by Gasteiger charge is -2.49. The number of halogens is 1. The second-order valence-electron chi connectivity index (χ2n) is 8.19. The molecular weight excluding hydrogens is 412 g/mol. The monoisotopic (exact) mass is 438 g/mol. The van der Waals surface area contributed by atoms with Gasteiger partial charge in [-0.2, -0.15) is 0 Å². The molecule has 1 aliphatic heterocycles. The van der Waals surface area contributed by atoms with E-state index < -0.39 is 5.54 Å². The Labute approximate surface area is 188 Å². The van der Waals surface area contributed by atoms with Crippen LogP contribution in [0, 0.1) is 0 Å². The summed E-state index contributed by atoms with van der Waals surface area (Å²) in [6, 6.07) is 14.8. The fraction of sp³-hybridized carbons (Fsp3) is 0.360. The minimum absolute atomic E-state index is 0.0919. The Kier molecular flexibility index (Phi) is 6.33. The molecule has 2 aliphatic rings. The van der Waals surface area contributed by atoms with Crippen LogP contribution in [0.15, 0.2) is 54.6 Å². The summed E-state index contributed by atoms with van der Waals surface area (Å²) in [5, 5.41) is 3.80. The Bertz CT molecular complexity index is 983. The molecule has 5 nitrogen and oxygen atoms in total. The highest BCUT2D eigenvalue weighted by molar-refractivity contribution is 6.30. The Morgan fingerprint density at radius 2 is 1.84 bits per heavy atom. The standard InChI is InChI=1S/C25H27ClN2O3/c1-31-22-10-6-5-7-18(22)15-16-25(24(30)27-20-8-3-2-4-9-20)17-23(29)28(25)21-13-11-19(26)12-14-21/h5-7,10-16,20H,2-4,8-9,17H2,1H3,(H,27,30)/b16-15+/t25-/m0/s1. The van der Waals surface area contributed by atoms with Gasteiger partial charge in [-0.15, -0.1) is 0 Å². The van der Waals surface area contributed by atoms with Crippen LogP contribution in [-0.2, 0) is 9.59 Å². The van der Waals surface area contributed by atoms with Crippen LogP contribution in [0.3, 0.4) is 0 Å². The molecule has 2 aromatic rings. The van der Waals surface area contributed by atoms with Crippen LogP contribution in [0.4, 0.5) is 5.69 Å². The summed E-state index contributed by atoms with van der Waals surface area (Å²) in [5.74, 6) is 0.483. The van der Waals surface area contributed by atoms with E-state index in [1.54, 1.807) is 36.3 Å². The Morgan fingerprint density at radius 1 is 1.13 bits per heavy atom. The van der Waals surface area contributed by atoms with Crippen molar-refractivity contribution in [3.63, 3.8) is 0 Å². The highest BCUT2D eigenvalue weighted by Crippen LogP contribution is 2.40. The predicted octanol–water partition coefficient (Wildman–Crippen LogP) is 4.99. The molecule has 2 aromatic carbocycles. The summed E-state index contributed by atoms with van der Waals surface area (Å²) in [5.41, 5.74) is 0.429. The van der Waals surface area contributed by atoms with E-state index in [4.69, 9.17) is 16.3 Å². The fourth-order valence-electron chi connectivity index (χ4n) is 4.46. The molecule has 2 amide bonds. The van der Waals surface area contributed by atoms with Crippen LogP contribution in [0.25, 0.3) is 6.08 Å². The van der Waals surface area contributed by atoms with Gasteiger partial charge in [0.15, 0.2) is 5.54 Å². The number of benzene rings is 2. The van der Waals surface area contributed by atoms with Crippen LogP contribution >= 0.6 is 11.6 Å². The average Bonchev–Trinajstić information content (AvgIpc) is 2.78. The smallest absolute Gasteiger partial charge is 0.251 e. The molecule has 1 N–H and O–H groups in total. The van der Waals surface area contributed by atoms with Crippen molar-refractivity contribution in [2.75, 3.05) is 12.0 Å². The van der Waals surface area contributed by atoms with E-state index in [0.29, 0.717) is 16.5 Å². The zero-order chi connectivity index (χ0) is 21.8. The summed E-state index contributed by atoms with van der Waals surface area (Å²) < 4.78 is 5.44. The van der Waals surface area contributed by atoms with Crippen molar-refractivity contribution >= 4 is 35.2 Å². The molecule has 1 saturated heterocycles. The number of anilines is 1. The van der Waals surface area contributed by atoms with Crippen molar-refractivity contribution < 1.29 is 14.3 Å². The van der Waals surface area contributed by atoms with E-state index in [2.05, 4.69) is 5.32 Å². The largest absolute Gasteiger partial charge is 0.496 e. The number of amides is 2. The molecule has 162 valence electrons. The molecular formula is C25H27ClN2O3. The molecule has 0 spiro atoms. The van der Waals surface area contributed by atoms with E-state index in [9.17, 15) is 9.59 Å². The number of ether oxygens (including phenoxy) is 1. The minimum atomic E-state index is -1.08. The van der Waals surface area contributed by atoms with Crippen LogP contribution in [0.2, 0.25) is 5.02 Å². The summed E-state index contributed by atoms with van der Waals surface area (Å²) in [6.45, 7) is 0. The van der Waals surface area contributed by atoms with Crippen molar-refractivity contribution in [2.45, 2.75) is 50.1 Å². The first-order valence-corrected chi connectivity index (χ1v) is 11.1. The molecule has 31 heavy (non-hydrogen) atoms. The van der Waals surface area contributed by atoms with Crippen molar-refractivity contribution in [3.8, 4) is 5.75 Å². The lowest BCUT2D eigenvalue weighted by atomic mass is 9.80. The normalized spacial score (nSPS) is 21.7. The van der Waals surface area contributed by atoms with E-state index in [-0.39, 0.29) is 24.3 Å². The molecule has 0 unspecified atom stereocenters. The third-order valence-corrected chi connectivity index (χ3v) is 6.42. The molecule has 0 aromatic heterocycles. The lowest BCUT2D eigenvalue weighted by Crippen LogP contribution is -2.70. The second kappa shape index (κ2) is 9.15. The SMILES string of the molecule is COc1ccccc1/C=C/[C@@]1(C(=O)NC2CCCCC2)CC(=O)N1c1ccc(Cl)cc1. The van der Waals surface area contributed by atoms with Gasteiger partial charge in [0.25, 0.3) is 5.91 Å². The summed E-state index contributed by atoms with van der Waals surface area (Å²) in [6.07, 6.45) is 9.23. The third kappa shape index (κ3) is 4.33.